The third-order valence-corrected chi connectivity index (χ3v) is 6.65. The molecule has 0 unspecified atom stereocenters. The Hall–Kier alpha value is -2.46. The summed E-state index contributed by atoms with van der Waals surface area (Å²) in [5.74, 6) is 0.679. The number of hydrogen-bond acceptors (Lipinski definition) is 6. The molecule has 0 amide bonds. The summed E-state index contributed by atoms with van der Waals surface area (Å²) >= 11 is 0. The molecule has 1 fully saturated rings. The Morgan fingerprint density at radius 2 is 1.85 bits per heavy atom. The molecule has 1 aliphatic rings. The van der Waals surface area contributed by atoms with Crippen LogP contribution in [0.2, 0.25) is 0 Å². The molecule has 26 heavy (non-hydrogen) atoms. The first-order valence-corrected chi connectivity index (χ1v) is 9.84. The van der Waals surface area contributed by atoms with Crippen LogP contribution >= 0.6 is 0 Å². The molecule has 4 heterocycles. The van der Waals surface area contributed by atoms with Gasteiger partial charge in [0.2, 0.25) is 0 Å². The second-order valence-corrected chi connectivity index (χ2v) is 8.35. The summed E-state index contributed by atoms with van der Waals surface area (Å²) in [5, 5.41) is 5.36. The Morgan fingerprint density at radius 3 is 2.50 bits per heavy atom. The van der Waals surface area contributed by atoms with Crippen LogP contribution in [0.5, 0.6) is 0 Å². The summed E-state index contributed by atoms with van der Waals surface area (Å²) in [7, 11) is 0.0913. The van der Waals surface area contributed by atoms with Gasteiger partial charge in [0.05, 0.1) is 17.3 Å². The molecule has 0 saturated carbocycles. The lowest BCUT2D eigenvalue weighted by Crippen LogP contribution is -2.48. The minimum absolute atomic E-state index is 0.115. The van der Waals surface area contributed by atoms with Crippen molar-refractivity contribution < 1.29 is 8.42 Å². The molecule has 3 aromatic rings. The van der Waals surface area contributed by atoms with E-state index in [4.69, 9.17) is 0 Å². The third kappa shape index (κ3) is 2.65. The van der Waals surface area contributed by atoms with Gasteiger partial charge in [-0.05, 0) is 13.0 Å². The van der Waals surface area contributed by atoms with E-state index in [2.05, 4.69) is 20.0 Å². The van der Waals surface area contributed by atoms with Crippen LogP contribution in [0.25, 0.3) is 11.0 Å². The van der Waals surface area contributed by atoms with Crippen LogP contribution in [0, 0.1) is 6.92 Å². The lowest BCUT2D eigenvalue weighted by atomic mass is 10.2. The van der Waals surface area contributed by atoms with Crippen molar-refractivity contribution >= 4 is 26.7 Å². The van der Waals surface area contributed by atoms with Gasteiger partial charge in [0, 0.05) is 52.7 Å². The van der Waals surface area contributed by atoms with Gasteiger partial charge < -0.3 is 9.47 Å². The molecule has 0 aliphatic carbocycles. The molecular weight excluding hydrogens is 354 g/mol. The van der Waals surface area contributed by atoms with Crippen LogP contribution in [0.3, 0.4) is 0 Å². The van der Waals surface area contributed by atoms with Gasteiger partial charge in [0.25, 0.3) is 10.0 Å². The van der Waals surface area contributed by atoms with Crippen LogP contribution in [0.15, 0.2) is 29.7 Å². The fourth-order valence-electron chi connectivity index (χ4n) is 3.26. The van der Waals surface area contributed by atoms with Gasteiger partial charge in [-0.15, -0.1) is 0 Å². The van der Waals surface area contributed by atoms with Crippen molar-refractivity contribution in [2.24, 2.45) is 14.1 Å². The Kier molecular flexibility index (Phi) is 3.96. The minimum Gasteiger partial charge on any atom is -0.368 e. The fourth-order valence-corrected chi connectivity index (χ4v) is 4.71. The molecule has 10 heteroatoms. The Labute approximate surface area is 151 Å². The first-order valence-electron chi connectivity index (χ1n) is 8.39. The van der Waals surface area contributed by atoms with Crippen LogP contribution in [0.1, 0.15) is 5.82 Å². The van der Waals surface area contributed by atoms with E-state index in [0.717, 1.165) is 16.7 Å². The molecule has 3 aromatic heterocycles. The Bertz CT molecular complexity index is 1040. The van der Waals surface area contributed by atoms with Gasteiger partial charge in [-0.25, -0.2) is 18.4 Å². The van der Waals surface area contributed by atoms with E-state index < -0.39 is 10.0 Å². The zero-order chi connectivity index (χ0) is 18.5. The molecule has 0 atom stereocenters. The van der Waals surface area contributed by atoms with Gasteiger partial charge in [-0.2, -0.15) is 9.40 Å². The van der Waals surface area contributed by atoms with Crippen molar-refractivity contribution in [3.05, 3.63) is 30.5 Å². The topological polar surface area (TPSA) is 89.2 Å². The first kappa shape index (κ1) is 17.0. The van der Waals surface area contributed by atoms with Gasteiger partial charge in [-0.3, -0.25) is 4.68 Å². The van der Waals surface area contributed by atoms with Crippen molar-refractivity contribution in [2.45, 2.75) is 11.9 Å². The molecule has 0 radical (unpaired) electrons. The maximum absolute atomic E-state index is 12.8. The number of aryl methyl sites for hydroxylation is 3. The average molecular weight is 375 g/mol. The number of hydrogen-bond donors (Lipinski definition) is 0. The second kappa shape index (κ2) is 6.06. The van der Waals surface area contributed by atoms with Crippen molar-refractivity contribution in [3.63, 3.8) is 0 Å². The average Bonchev–Trinajstić information content (AvgIpc) is 3.18. The lowest BCUT2D eigenvalue weighted by molar-refractivity contribution is 0.384. The van der Waals surface area contributed by atoms with Crippen molar-refractivity contribution in [1.29, 1.82) is 0 Å². The van der Waals surface area contributed by atoms with E-state index in [1.807, 2.05) is 13.1 Å². The monoisotopic (exact) mass is 375 g/mol. The third-order valence-electron chi connectivity index (χ3n) is 4.88. The van der Waals surface area contributed by atoms with Crippen LogP contribution in [-0.2, 0) is 24.1 Å². The molecule has 4 rings (SSSR count). The number of fused-ring (bicyclic) bond motifs is 1. The van der Waals surface area contributed by atoms with E-state index in [1.165, 1.54) is 4.31 Å². The molecule has 9 nitrogen and oxygen atoms in total. The Morgan fingerprint density at radius 1 is 1.12 bits per heavy atom. The van der Waals surface area contributed by atoms with Gasteiger partial charge in [0.15, 0.2) is 10.7 Å². The van der Waals surface area contributed by atoms with Crippen molar-refractivity contribution in [2.75, 3.05) is 31.1 Å². The maximum atomic E-state index is 12.8. The zero-order valence-electron chi connectivity index (χ0n) is 15.0. The van der Waals surface area contributed by atoms with Crippen molar-refractivity contribution in [1.82, 2.24) is 28.6 Å². The highest BCUT2D eigenvalue weighted by atomic mass is 32.2. The lowest BCUT2D eigenvalue weighted by Gasteiger charge is -2.35. The molecule has 1 saturated heterocycles. The summed E-state index contributed by atoms with van der Waals surface area (Å²) in [6, 6.07) is 1.95. The molecule has 0 spiro atoms. The number of nitrogens with zero attached hydrogens (tertiary/aromatic N) is 7. The van der Waals surface area contributed by atoms with Crippen molar-refractivity contribution in [3.8, 4) is 0 Å². The van der Waals surface area contributed by atoms with E-state index in [0.29, 0.717) is 32.0 Å². The molecular formula is C16H21N7O2S. The summed E-state index contributed by atoms with van der Waals surface area (Å²) < 4.78 is 30.6. The molecule has 0 N–H and O–H groups in total. The summed E-state index contributed by atoms with van der Waals surface area (Å²) in [6.45, 7) is 3.85. The quantitative estimate of drug-likeness (QED) is 0.663. The largest absolute Gasteiger partial charge is 0.368 e. The van der Waals surface area contributed by atoms with E-state index in [1.54, 1.807) is 41.8 Å². The number of aromatic nitrogens is 5. The van der Waals surface area contributed by atoms with Crippen LogP contribution in [-0.4, -0.2) is 63.2 Å². The highest BCUT2D eigenvalue weighted by Gasteiger charge is 2.31. The zero-order valence-corrected chi connectivity index (χ0v) is 15.8. The SMILES string of the molecule is Cc1nc(S(=O)(=O)N2CCN(c3ccnc4c3cnn4C)CC2)cn1C. The second-order valence-electron chi connectivity index (χ2n) is 6.46. The predicted molar refractivity (Wildman–Crippen MR) is 97.4 cm³/mol. The number of pyridine rings is 1. The molecule has 0 aromatic carbocycles. The van der Waals surface area contributed by atoms with Crippen LogP contribution in [0.4, 0.5) is 5.69 Å². The standard InChI is InChI=1S/C16H21N7O2S/c1-12-19-15(11-20(12)2)26(24,25)23-8-6-22(7-9-23)14-4-5-17-16-13(14)10-18-21(16)3/h4-5,10-11H,6-9H2,1-3H3. The summed E-state index contributed by atoms with van der Waals surface area (Å²) in [4.78, 5) is 10.7. The van der Waals surface area contributed by atoms with Crippen LogP contribution < -0.4 is 4.90 Å². The fraction of sp³-hybridized carbons (Fsp3) is 0.438. The number of anilines is 1. The summed E-state index contributed by atoms with van der Waals surface area (Å²) in [5.41, 5.74) is 1.86. The highest BCUT2D eigenvalue weighted by molar-refractivity contribution is 7.89. The normalized spacial score (nSPS) is 16.5. The molecule has 1 aliphatic heterocycles. The van der Waals surface area contributed by atoms with Gasteiger partial charge in [-0.1, -0.05) is 0 Å². The highest BCUT2D eigenvalue weighted by Crippen LogP contribution is 2.26. The van der Waals surface area contributed by atoms with Gasteiger partial charge >= 0.3 is 0 Å². The predicted octanol–water partition coefficient (Wildman–Crippen LogP) is 0.521. The number of imidazole rings is 1. The number of rotatable bonds is 3. The Balaban J connectivity index is 1.55. The van der Waals surface area contributed by atoms with Gasteiger partial charge in [0.1, 0.15) is 5.82 Å². The van der Waals surface area contributed by atoms with E-state index >= 15 is 0 Å². The maximum Gasteiger partial charge on any atom is 0.262 e. The minimum atomic E-state index is -3.56. The van der Waals surface area contributed by atoms with E-state index in [-0.39, 0.29) is 5.03 Å². The smallest absolute Gasteiger partial charge is 0.262 e. The van der Waals surface area contributed by atoms with E-state index in [9.17, 15) is 8.42 Å². The summed E-state index contributed by atoms with van der Waals surface area (Å²) in [6.07, 6.45) is 5.13. The molecule has 0 bridgehead atoms. The number of sulfonamides is 1. The first-order chi connectivity index (χ1) is 12.4. The number of piperazine rings is 1. The molecule has 138 valence electrons.